The molecule has 0 saturated heterocycles. The number of fused-ring (bicyclic) bond motifs is 1. The van der Waals surface area contributed by atoms with Gasteiger partial charge in [0.25, 0.3) is 5.95 Å². The number of thiazole rings is 1. The van der Waals surface area contributed by atoms with E-state index in [0.717, 1.165) is 44.3 Å². The molecular weight excluding hydrogens is 400 g/mol. The van der Waals surface area contributed by atoms with Crippen LogP contribution >= 0.6 is 11.3 Å². The molecule has 0 aliphatic carbocycles. The monoisotopic (exact) mass is 422 g/mol. The molecule has 0 bridgehead atoms. The minimum Gasteiger partial charge on any atom is -0.497 e. The molecule has 30 heavy (non-hydrogen) atoms. The van der Waals surface area contributed by atoms with Crippen LogP contribution < -0.4 is 10.1 Å². The Kier molecular flexibility index (Phi) is 5.21. The highest BCUT2D eigenvalue weighted by molar-refractivity contribution is 7.22. The Bertz CT molecular complexity index is 1240. The molecule has 1 amide bonds. The summed E-state index contributed by atoms with van der Waals surface area (Å²) in [6, 6.07) is 7.55. The molecular formula is C21H22N6O2S. The van der Waals surface area contributed by atoms with Crippen molar-refractivity contribution >= 4 is 32.6 Å². The lowest BCUT2D eigenvalue weighted by Crippen LogP contribution is -2.15. The van der Waals surface area contributed by atoms with Gasteiger partial charge in [-0.2, -0.15) is 5.10 Å². The second-order valence-electron chi connectivity index (χ2n) is 7.09. The highest BCUT2D eigenvalue weighted by atomic mass is 32.1. The Morgan fingerprint density at radius 2 is 1.83 bits per heavy atom. The average molecular weight is 423 g/mol. The van der Waals surface area contributed by atoms with Gasteiger partial charge in [-0.05, 0) is 52.0 Å². The number of benzene rings is 1. The maximum atomic E-state index is 12.7. The van der Waals surface area contributed by atoms with Crippen molar-refractivity contribution in [2.24, 2.45) is 0 Å². The number of carbonyl (C=O) groups excluding carboxylic acids is 1. The van der Waals surface area contributed by atoms with E-state index in [-0.39, 0.29) is 12.3 Å². The first-order valence-corrected chi connectivity index (χ1v) is 10.3. The second-order valence-corrected chi connectivity index (χ2v) is 8.12. The SMILES string of the molecule is COc1ccc2nc(NC(=O)Cc3c(C)nn(-c4nc(C)cc(C)n4)c3C)sc2c1. The molecule has 0 unspecified atom stereocenters. The summed E-state index contributed by atoms with van der Waals surface area (Å²) >= 11 is 1.42. The lowest BCUT2D eigenvalue weighted by atomic mass is 10.1. The van der Waals surface area contributed by atoms with Gasteiger partial charge in [-0.3, -0.25) is 4.79 Å². The van der Waals surface area contributed by atoms with E-state index in [1.807, 2.05) is 52.0 Å². The predicted octanol–water partition coefficient (Wildman–Crippen LogP) is 3.70. The van der Waals surface area contributed by atoms with Gasteiger partial charge in [-0.25, -0.2) is 19.6 Å². The van der Waals surface area contributed by atoms with E-state index in [1.54, 1.807) is 11.8 Å². The molecule has 9 heteroatoms. The fourth-order valence-corrected chi connectivity index (χ4v) is 4.25. The molecule has 0 atom stereocenters. The molecule has 0 aliphatic rings. The zero-order valence-electron chi connectivity index (χ0n) is 17.5. The summed E-state index contributed by atoms with van der Waals surface area (Å²) < 4.78 is 7.90. The maximum absolute atomic E-state index is 12.7. The van der Waals surface area contributed by atoms with Gasteiger partial charge < -0.3 is 10.1 Å². The summed E-state index contributed by atoms with van der Waals surface area (Å²) in [6.45, 7) is 7.66. The topological polar surface area (TPSA) is 94.8 Å². The summed E-state index contributed by atoms with van der Waals surface area (Å²) in [5.74, 6) is 1.13. The highest BCUT2D eigenvalue weighted by Crippen LogP contribution is 2.29. The van der Waals surface area contributed by atoms with E-state index in [0.29, 0.717) is 11.1 Å². The van der Waals surface area contributed by atoms with Crippen molar-refractivity contribution in [1.29, 1.82) is 0 Å². The lowest BCUT2D eigenvalue weighted by molar-refractivity contribution is -0.115. The Morgan fingerprint density at radius 3 is 2.53 bits per heavy atom. The molecule has 8 nitrogen and oxygen atoms in total. The number of amides is 1. The molecule has 3 heterocycles. The number of anilines is 1. The van der Waals surface area contributed by atoms with E-state index in [2.05, 4.69) is 25.4 Å². The van der Waals surface area contributed by atoms with Crippen LogP contribution in [0.4, 0.5) is 5.13 Å². The molecule has 1 aromatic carbocycles. The lowest BCUT2D eigenvalue weighted by Gasteiger charge is -2.06. The summed E-state index contributed by atoms with van der Waals surface area (Å²) in [5, 5.41) is 8.02. The molecule has 154 valence electrons. The van der Waals surface area contributed by atoms with Gasteiger partial charge in [-0.15, -0.1) is 0 Å². The van der Waals surface area contributed by atoms with Crippen molar-refractivity contribution in [3.05, 3.63) is 52.6 Å². The minimum absolute atomic E-state index is 0.145. The van der Waals surface area contributed by atoms with Crippen LogP contribution in [0.25, 0.3) is 16.2 Å². The van der Waals surface area contributed by atoms with Crippen LogP contribution in [0.15, 0.2) is 24.3 Å². The summed E-state index contributed by atoms with van der Waals surface area (Å²) in [5.41, 5.74) is 5.05. The maximum Gasteiger partial charge on any atom is 0.251 e. The number of hydrogen-bond acceptors (Lipinski definition) is 7. The van der Waals surface area contributed by atoms with Crippen LogP contribution in [0.1, 0.15) is 28.3 Å². The normalized spacial score (nSPS) is 11.1. The average Bonchev–Trinajstić information content (AvgIpc) is 3.21. The number of nitrogens with one attached hydrogen (secondary N) is 1. The van der Waals surface area contributed by atoms with Crippen LogP contribution in [-0.4, -0.2) is 37.7 Å². The fraction of sp³-hybridized carbons (Fsp3) is 0.286. The van der Waals surface area contributed by atoms with Gasteiger partial charge in [0.1, 0.15) is 5.75 Å². The number of aromatic nitrogens is 5. The van der Waals surface area contributed by atoms with Gasteiger partial charge in [0, 0.05) is 22.6 Å². The third kappa shape index (κ3) is 3.88. The zero-order valence-corrected chi connectivity index (χ0v) is 18.3. The number of hydrogen-bond donors (Lipinski definition) is 1. The Morgan fingerprint density at radius 1 is 1.10 bits per heavy atom. The fourth-order valence-electron chi connectivity index (χ4n) is 3.34. The van der Waals surface area contributed by atoms with Crippen LogP contribution in [0.3, 0.4) is 0 Å². The smallest absolute Gasteiger partial charge is 0.251 e. The second kappa shape index (κ2) is 7.83. The third-order valence-corrected chi connectivity index (χ3v) is 5.71. The summed E-state index contributed by atoms with van der Waals surface area (Å²) in [6.07, 6.45) is 0.196. The third-order valence-electron chi connectivity index (χ3n) is 4.78. The van der Waals surface area contributed by atoms with Crippen molar-refractivity contribution in [2.45, 2.75) is 34.1 Å². The van der Waals surface area contributed by atoms with E-state index in [9.17, 15) is 4.79 Å². The first kappa shape index (κ1) is 20.0. The molecule has 0 aliphatic heterocycles. The number of carbonyl (C=O) groups is 1. The van der Waals surface area contributed by atoms with Crippen LogP contribution in [0.5, 0.6) is 5.75 Å². The molecule has 4 aromatic rings. The number of nitrogens with zero attached hydrogens (tertiary/aromatic N) is 5. The minimum atomic E-state index is -0.145. The highest BCUT2D eigenvalue weighted by Gasteiger charge is 2.18. The van der Waals surface area contributed by atoms with Gasteiger partial charge >= 0.3 is 0 Å². The molecule has 4 rings (SSSR count). The molecule has 0 spiro atoms. The predicted molar refractivity (Wildman–Crippen MR) is 117 cm³/mol. The van der Waals surface area contributed by atoms with Crippen molar-refractivity contribution in [1.82, 2.24) is 24.7 Å². The molecule has 0 radical (unpaired) electrons. The van der Waals surface area contributed by atoms with Gasteiger partial charge in [-0.1, -0.05) is 11.3 Å². The van der Waals surface area contributed by atoms with E-state index < -0.39 is 0 Å². The Labute approximate surface area is 178 Å². The quantitative estimate of drug-likeness (QED) is 0.527. The van der Waals surface area contributed by atoms with E-state index in [4.69, 9.17) is 4.74 Å². The Hall–Kier alpha value is -3.33. The zero-order chi connectivity index (χ0) is 21.4. The number of aryl methyl sites for hydroxylation is 3. The van der Waals surface area contributed by atoms with Crippen molar-refractivity contribution < 1.29 is 9.53 Å². The van der Waals surface area contributed by atoms with Crippen LogP contribution in [0, 0.1) is 27.7 Å². The molecule has 0 saturated carbocycles. The summed E-state index contributed by atoms with van der Waals surface area (Å²) in [4.78, 5) is 26.1. The van der Waals surface area contributed by atoms with Gasteiger partial charge in [0.2, 0.25) is 5.91 Å². The first-order chi connectivity index (χ1) is 14.3. The van der Waals surface area contributed by atoms with Crippen molar-refractivity contribution in [2.75, 3.05) is 12.4 Å². The number of ether oxygens (including phenoxy) is 1. The van der Waals surface area contributed by atoms with Crippen molar-refractivity contribution in [3.63, 3.8) is 0 Å². The molecule has 1 N–H and O–H groups in total. The van der Waals surface area contributed by atoms with Crippen LogP contribution in [0.2, 0.25) is 0 Å². The van der Waals surface area contributed by atoms with Crippen molar-refractivity contribution in [3.8, 4) is 11.7 Å². The summed E-state index contributed by atoms with van der Waals surface area (Å²) in [7, 11) is 1.62. The molecule has 0 fully saturated rings. The van der Waals surface area contributed by atoms with E-state index in [1.165, 1.54) is 11.3 Å². The van der Waals surface area contributed by atoms with Gasteiger partial charge in [0.15, 0.2) is 5.13 Å². The largest absolute Gasteiger partial charge is 0.497 e. The Balaban J connectivity index is 1.55. The number of methoxy groups -OCH3 is 1. The molecule has 3 aromatic heterocycles. The standard InChI is InChI=1S/C21H22N6O2S/c1-11-8-12(2)23-20(22-11)27-14(4)16(13(3)26-27)10-19(28)25-21-24-17-7-6-15(29-5)9-18(17)30-21/h6-9H,10H2,1-5H3,(H,24,25,28). The van der Waals surface area contributed by atoms with E-state index >= 15 is 0 Å². The van der Waals surface area contributed by atoms with Crippen LogP contribution in [-0.2, 0) is 11.2 Å². The number of rotatable bonds is 5. The van der Waals surface area contributed by atoms with Gasteiger partial charge in [0.05, 0.1) is 29.4 Å². The first-order valence-electron chi connectivity index (χ1n) is 9.46.